The molecular weight excluding hydrogens is 348 g/mol. The van der Waals surface area contributed by atoms with Crippen molar-refractivity contribution >= 4 is 8.07 Å². The Morgan fingerprint density at radius 2 is 1.48 bits per heavy atom. The summed E-state index contributed by atoms with van der Waals surface area (Å²) in [7, 11) is -0.813. The first kappa shape index (κ1) is 22.6. The van der Waals surface area contributed by atoms with Crippen LogP contribution in [0.15, 0.2) is 24.3 Å². The minimum absolute atomic E-state index is 0.0357. The molecule has 0 amide bonds. The van der Waals surface area contributed by atoms with Crippen LogP contribution in [-0.4, -0.2) is 27.6 Å². The van der Waals surface area contributed by atoms with Crippen LogP contribution in [0, 0.1) is 0 Å². The highest BCUT2D eigenvalue weighted by Gasteiger charge is 2.13. The topological polar surface area (TPSA) is 18.5 Å². The van der Waals surface area contributed by atoms with Gasteiger partial charge in [-0.15, -0.1) is 0 Å². The van der Waals surface area contributed by atoms with Gasteiger partial charge in [0.2, 0.25) is 0 Å². The molecule has 1 aromatic carbocycles. The molecule has 0 aliphatic carbocycles. The van der Waals surface area contributed by atoms with Crippen molar-refractivity contribution in [3.05, 3.63) is 35.4 Å². The molecular formula is C24H42O2Si. The van der Waals surface area contributed by atoms with E-state index in [-0.39, 0.29) is 6.29 Å². The second kappa shape index (κ2) is 12.7. The molecule has 154 valence electrons. The minimum Gasteiger partial charge on any atom is -0.353 e. The molecule has 27 heavy (non-hydrogen) atoms. The van der Waals surface area contributed by atoms with Gasteiger partial charge in [0.05, 0.1) is 6.61 Å². The second-order valence-corrected chi connectivity index (χ2v) is 15.0. The summed E-state index contributed by atoms with van der Waals surface area (Å²) < 4.78 is 11.5. The number of ether oxygens (including phenoxy) is 2. The molecule has 0 aromatic heterocycles. The first-order valence-electron chi connectivity index (χ1n) is 11.3. The number of benzene rings is 1. The smallest absolute Gasteiger partial charge is 0.157 e. The van der Waals surface area contributed by atoms with E-state index >= 15 is 0 Å². The van der Waals surface area contributed by atoms with Gasteiger partial charge in [0.15, 0.2) is 6.29 Å². The molecule has 1 heterocycles. The zero-order chi connectivity index (χ0) is 19.4. The van der Waals surface area contributed by atoms with Crippen molar-refractivity contribution < 1.29 is 9.47 Å². The first-order valence-corrected chi connectivity index (χ1v) is 15.0. The zero-order valence-corrected chi connectivity index (χ0v) is 19.1. The summed E-state index contributed by atoms with van der Waals surface area (Å²) in [6.45, 7) is 9.07. The third-order valence-electron chi connectivity index (χ3n) is 5.50. The Hall–Kier alpha value is -0.643. The zero-order valence-electron chi connectivity index (χ0n) is 18.1. The predicted molar refractivity (Wildman–Crippen MR) is 119 cm³/mol. The molecule has 1 fully saturated rings. The van der Waals surface area contributed by atoms with E-state index in [2.05, 4.69) is 43.9 Å². The molecule has 0 N–H and O–H groups in total. The van der Waals surface area contributed by atoms with E-state index in [0.29, 0.717) is 0 Å². The molecule has 0 spiro atoms. The van der Waals surface area contributed by atoms with Crippen molar-refractivity contribution in [2.45, 2.75) is 103 Å². The van der Waals surface area contributed by atoms with Crippen LogP contribution >= 0.6 is 0 Å². The molecule has 1 aromatic rings. The van der Waals surface area contributed by atoms with Crippen LogP contribution < -0.4 is 0 Å². The van der Waals surface area contributed by atoms with Crippen molar-refractivity contribution in [3.8, 4) is 0 Å². The predicted octanol–water partition coefficient (Wildman–Crippen LogP) is 6.99. The molecule has 0 bridgehead atoms. The Balaban J connectivity index is 1.48. The monoisotopic (exact) mass is 390 g/mol. The standard InChI is InChI=1S/C24H42O2Si/c1-27(2,3)21-11-7-5-4-6-8-12-22-14-16-23(17-15-22)18-20-26-24-13-9-10-19-25-24/h14-17,24H,4-13,18-21H2,1-3H3. The maximum atomic E-state index is 5.84. The van der Waals surface area contributed by atoms with Crippen LogP contribution in [0.25, 0.3) is 0 Å². The summed E-state index contributed by atoms with van der Waals surface area (Å²) >= 11 is 0. The maximum Gasteiger partial charge on any atom is 0.157 e. The van der Waals surface area contributed by atoms with Crippen molar-refractivity contribution in [2.24, 2.45) is 0 Å². The number of hydrogen-bond donors (Lipinski definition) is 0. The van der Waals surface area contributed by atoms with Crippen LogP contribution in [0.2, 0.25) is 25.7 Å². The largest absolute Gasteiger partial charge is 0.353 e. The van der Waals surface area contributed by atoms with E-state index < -0.39 is 8.07 Å². The van der Waals surface area contributed by atoms with Gasteiger partial charge >= 0.3 is 0 Å². The highest BCUT2D eigenvalue weighted by Crippen LogP contribution is 2.17. The highest BCUT2D eigenvalue weighted by atomic mass is 28.3. The minimum atomic E-state index is -0.813. The summed E-state index contributed by atoms with van der Waals surface area (Å²) in [5.74, 6) is 0. The molecule has 1 unspecified atom stereocenters. The second-order valence-electron chi connectivity index (χ2n) is 9.42. The average Bonchev–Trinajstić information content (AvgIpc) is 2.65. The van der Waals surface area contributed by atoms with Gasteiger partial charge in [0.1, 0.15) is 0 Å². The molecule has 3 heteroatoms. The van der Waals surface area contributed by atoms with Crippen molar-refractivity contribution in [2.75, 3.05) is 13.2 Å². The molecule has 1 atom stereocenters. The molecule has 0 saturated carbocycles. The van der Waals surface area contributed by atoms with Crippen molar-refractivity contribution in [1.29, 1.82) is 0 Å². The lowest BCUT2D eigenvalue weighted by atomic mass is 10.0. The maximum absolute atomic E-state index is 5.84. The van der Waals surface area contributed by atoms with Crippen molar-refractivity contribution in [1.82, 2.24) is 0 Å². The molecule has 2 rings (SSSR count). The first-order chi connectivity index (χ1) is 13.0. The summed E-state index contributed by atoms with van der Waals surface area (Å²) in [6.07, 6.45) is 14.1. The Bertz CT molecular complexity index is 486. The number of rotatable bonds is 13. The fourth-order valence-electron chi connectivity index (χ4n) is 3.72. The van der Waals surface area contributed by atoms with Gasteiger partial charge in [-0.05, 0) is 49.7 Å². The molecule has 2 nitrogen and oxygen atoms in total. The van der Waals surface area contributed by atoms with E-state index in [4.69, 9.17) is 9.47 Å². The van der Waals surface area contributed by atoms with Gasteiger partial charge in [-0.3, -0.25) is 0 Å². The van der Waals surface area contributed by atoms with Crippen LogP contribution in [0.3, 0.4) is 0 Å². The Kier molecular flexibility index (Phi) is 10.7. The quantitative estimate of drug-likeness (QED) is 0.267. The Morgan fingerprint density at radius 3 is 2.11 bits per heavy atom. The van der Waals surface area contributed by atoms with Gasteiger partial charge in [-0.1, -0.05) is 82.1 Å². The summed E-state index contributed by atoms with van der Waals surface area (Å²) in [4.78, 5) is 0. The van der Waals surface area contributed by atoms with Gasteiger partial charge in [-0.2, -0.15) is 0 Å². The van der Waals surface area contributed by atoms with Crippen LogP contribution in [0.4, 0.5) is 0 Å². The van der Waals surface area contributed by atoms with Crippen molar-refractivity contribution in [3.63, 3.8) is 0 Å². The Labute approximate surface area is 169 Å². The van der Waals surface area contributed by atoms with Gasteiger partial charge in [0.25, 0.3) is 0 Å². The number of aryl methyl sites for hydroxylation is 1. The van der Waals surface area contributed by atoms with Crippen LogP contribution in [0.1, 0.15) is 68.9 Å². The number of unbranched alkanes of at least 4 members (excludes halogenated alkanes) is 5. The van der Waals surface area contributed by atoms with E-state index in [1.54, 1.807) is 0 Å². The lowest BCUT2D eigenvalue weighted by Gasteiger charge is -2.22. The third-order valence-corrected chi connectivity index (χ3v) is 7.35. The Morgan fingerprint density at radius 1 is 0.852 bits per heavy atom. The summed E-state index contributed by atoms with van der Waals surface area (Å²) in [6, 6.07) is 10.7. The lowest BCUT2D eigenvalue weighted by molar-refractivity contribution is -0.161. The van der Waals surface area contributed by atoms with Crippen LogP contribution in [0.5, 0.6) is 0 Å². The molecule has 1 aliphatic heterocycles. The van der Waals surface area contributed by atoms with Crippen LogP contribution in [-0.2, 0) is 22.3 Å². The van der Waals surface area contributed by atoms with E-state index in [9.17, 15) is 0 Å². The van der Waals surface area contributed by atoms with Gasteiger partial charge in [0, 0.05) is 14.7 Å². The average molecular weight is 391 g/mol. The lowest BCUT2D eigenvalue weighted by Crippen LogP contribution is -2.23. The molecule has 1 saturated heterocycles. The fraction of sp³-hybridized carbons (Fsp3) is 0.750. The van der Waals surface area contributed by atoms with Gasteiger partial charge < -0.3 is 9.47 Å². The SMILES string of the molecule is C[Si](C)(C)CCCCCCCCc1ccc(CCOC2CCCCO2)cc1. The fourth-order valence-corrected chi connectivity index (χ4v) is 5.03. The molecule has 0 radical (unpaired) electrons. The van der Waals surface area contributed by atoms with Gasteiger partial charge in [-0.25, -0.2) is 0 Å². The molecule has 1 aliphatic rings. The van der Waals surface area contributed by atoms with E-state index in [0.717, 1.165) is 26.1 Å². The third kappa shape index (κ3) is 11.1. The highest BCUT2D eigenvalue weighted by molar-refractivity contribution is 6.76. The number of hydrogen-bond acceptors (Lipinski definition) is 2. The summed E-state index contributed by atoms with van der Waals surface area (Å²) in [5.41, 5.74) is 2.85. The normalized spacial score (nSPS) is 18.0. The summed E-state index contributed by atoms with van der Waals surface area (Å²) in [5, 5.41) is 0. The van der Waals surface area contributed by atoms with E-state index in [1.165, 1.54) is 75.0 Å². The van der Waals surface area contributed by atoms with E-state index in [1.807, 2.05) is 0 Å².